The summed E-state index contributed by atoms with van der Waals surface area (Å²) in [5, 5.41) is 21.8. The second-order valence-electron chi connectivity index (χ2n) is 7.45. The molecular weight excluding hydrogens is 546 g/mol. The van der Waals surface area contributed by atoms with Crippen molar-refractivity contribution in [2.45, 2.75) is 18.5 Å². The quantitative estimate of drug-likeness (QED) is 0.457. The number of anilines is 3. The number of nitriles is 1. The summed E-state index contributed by atoms with van der Waals surface area (Å²) in [5.41, 5.74) is -2.75. The van der Waals surface area contributed by atoms with Crippen molar-refractivity contribution in [1.29, 1.82) is 5.26 Å². The minimum Gasteiger partial charge on any atom is -0.390 e. The number of nitrogens with zero attached hydrogens (tertiary/aromatic N) is 7. The van der Waals surface area contributed by atoms with Gasteiger partial charge in [0.25, 0.3) is 0 Å². The molecule has 17 heteroatoms. The third-order valence-electron chi connectivity index (χ3n) is 4.94. The van der Waals surface area contributed by atoms with Crippen LogP contribution in [0.5, 0.6) is 0 Å². The number of aliphatic hydroxyl groups is 1. The van der Waals surface area contributed by atoms with Crippen LogP contribution in [-0.2, 0) is 12.4 Å². The third kappa shape index (κ3) is 6.90. The maximum Gasteiger partial charge on any atom is 0.433 e. The van der Waals surface area contributed by atoms with E-state index >= 15 is 0 Å². The van der Waals surface area contributed by atoms with Crippen molar-refractivity contribution in [2.24, 2.45) is 5.92 Å². The first kappa shape index (κ1) is 29.9. The van der Waals surface area contributed by atoms with Gasteiger partial charge < -0.3 is 15.3 Å². The van der Waals surface area contributed by atoms with Gasteiger partial charge in [0.1, 0.15) is 17.1 Å². The Kier molecular flexibility index (Phi) is 9.17. The Bertz CT molecular complexity index is 1290. The lowest BCUT2D eigenvalue weighted by atomic mass is 10.1. The number of pyridine rings is 2. The number of β-amino-alcohol motifs (C(OH)–C–C–N with tert-alkyl or cyclic N) is 1. The van der Waals surface area contributed by atoms with E-state index in [9.17, 15) is 31.4 Å². The molecule has 0 spiro atoms. The first-order chi connectivity index (χ1) is 16.4. The van der Waals surface area contributed by atoms with E-state index in [-0.39, 0.29) is 69.2 Å². The van der Waals surface area contributed by atoms with Gasteiger partial charge in [-0.2, -0.15) is 73.5 Å². The molecule has 4 heterocycles. The Balaban J connectivity index is 0.00000241. The molecule has 3 aromatic rings. The summed E-state index contributed by atoms with van der Waals surface area (Å²) < 4.78 is 78.5. The summed E-state index contributed by atoms with van der Waals surface area (Å²) >= 11 is 0. The summed E-state index contributed by atoms with van der Waals surface area (Å²) in [7, 11) is 0. The van der Waals surface area contributed by atoms with Crippen molar-refractivity contribution in [3.05, 3.63) is 47.9 Å². The molecule has 0 radical (unpaired) electrons. The smallest absolute Gasteiger partial charge is 0.390 e. The van der Waals surface area contributed by atoms with Gasteiger partial charge in [0.2, 0.25) is 11.9 Å². The van der Waals surface area contributed by atoms with Gasteiger partial charge in [-0.25, -0.2) is 4.98 Å². The Morgan fingerprint density at radius 1 is 0.946 bits per heavy atom. The van der Waals surface area contributed by atoms with Gasteiger partial charge in [-0.15, -0.1) is 0 Å². The number of hydrogen-bond acceptors (Lipinski definition) is 9. The molecule has 0 saturated carbocycles. The van der Waals surface area contributed by atoms with Crippen LogP contribution in [0.2, 0.25) is 0 Å². The van der Waals surface area contributed by atoms with Gasteiger partial charge in [-0.1, -0.05) is 6.07 Å². The number of alkyl halides is 6. The Morgan fingerprint density at radius 3 is 2.27 bits per heavy atom. The molecule has 1 saturated heterocycles. The predicted octanol–water partition coefficient (Wildman–Crippen LogP) is 3.66. The number of nitrogens with one attached hydrogen (secondary N) is 1. The zero-order valence-corrected chi connectivity index (χ0v) is 20.4. The normalized spacial score (nSPS) is 17.4. The van der Waals surface area contributed by atoms with Crippen LogP contribution in [-0.4, -0.2) is 49.2 Å². The van der Waals surface area contributed by atoms with E-state index in [4.69, 9.17) is 5.26 Å². The first-order valence-electron chi connectivity index (χ1n) is 9.87. The van der Waals surface area contributed by atoms with Crippen LogP contribution in [0.3, 0.4) is 0 Å². The SMILES string of the molecule is N#C[C@@H]1CN(c2nc(Nc3ccnc(C(F)(F)F)c3)nc(-c3cccc(C(F)(F)F)n3)n2)C[C@H]1O.S.S. The van der Waals surface area contributed by atoms with Crippen LogP contribution < -0.4 is 10.2 Å². The molecule has 1 aliphatic rings. The molecule has 0 amide bonds. The number of aliphatic hydroxyl groups excluding tert-OH is 1. The molecule has 0 aliphatic carbocycles. The Morgan fingerprint density at radius 2 is 1.65 bits per heavy atom. The number of aromatic nitrogens is 5. The Labute approximate surface area is 219 Å². The van der Waals surface area contributed by atoms with Gasteiger partial charge in [0.05, 0.1) is 18.1 Å². The van der Waals surface area contributed by atoms with Crippen molar-refractivity contribution >= 4 is 44.6 Å². The van der Waals surface area contributed by atoms with Gasteiger partial charge in [0.15, 0.2) is 5.82 Å². The van der Waals surface area contributed by atoms with E-state index in [0.29, 0.717) is 6.07 Å². The molecule has 198 valence electrons. The molecule has 0 unspecified atom stereocenters. The van der Waals surface area contributed by atoms with E-state index in [2.05, 4.69) is 30.2 Å². The lowest BCUT2D eigenvalue weighted by Crippen LogP contribution is -2.24. The van der Waals surface area contributed by atoms with Gasteiger partial charge >= 0.3 is 12.4 Å². The van der Waals surface area contributed by atoms with E-state index in [1.165, 1.54) is 17.0 Å². The fraction of sp³-hybridized carbons (Fsp3) is 0.300. The van der Waals surface area contributed by atoms with Gasteiger partial charge in [0, 0.05) is 25.0 Å². The topological polar surface area (TPSA) is 124 Å². The summed E-state index contributed by atoms with van der Waals surface area (Å²) in [5.74, 6) is -1.48. The highest BCUT2D eigenvalue weighted by atomic mass is 32.1. The maximum atomic E-state index is 13.1. The standard InChI is InChI=1S/C20H14F6N8O.2H2S/c21-19(22,23)14-3-1-2-12(30-14)16-31-17(29-11-4-5-28-15(6-11)20(24,25)26)33-18(32-16)34-8-10(7-27)13(35)9-34;;/h1-6,10,13,35H,8-9H2,(H,28,29,31,32,33);2*1H2/t10-,13-;;/m1../s1. The largest absolute Gasteiger partial charge is 0.433 e. The summed E-state index contributed by atoms with van der Waals surface area (Å²) in [6.07, 6.45) is -9.57. The van der Waals surface area contributed by atoms with Gasteiger partial charge in [-0.3, -0.25) is 4.98 Å². The van der Waals surface area contributed by atoms with E-state index in [1.807, 2.05) is 6.07 Å². The van der Waals surface area contributed by atoms with Crippen LogP contribution in [0.4, 0.5) is 43.9 Å². The highest BCUT2D eigenvalue weighted by molar-refractivity contribution is 7.59. The minimum absolute atomic E-state index is 0. The second-order valence-corrected chi connectivity index (χ2v) is 7.45. The van der Waals surface area contributed by atoms with Crippen molar-refractivity contribution < 1.29 is 31.4 Å². The average Bonchev–Trinajstić information content (AvgIpc) is 3.19. The van der Waals surface area contributed by atoms with E-state index in [1.54, 1.807) is 0 Å². The highest BCUT2D eigenvalue weighted by Gasteiger charge is 2.35. The summed E-state index contributed by atoms with van der Waals surface area (Å²) in [6, 6.07) is 6.94. The van der Waals surface area contributed by atoms with Crippen LogP contribution in [0.1, 0.15) is 11.4 Å². The molecule has 2 N–H and O–H groups in total. The molecule has 0 bridgehead atoms. The molecule has 3 aromatic heterocycles. The molecule has 37 heavy (non-hydrogen) atoms. The van der Waals surface area contributed by atoms with Crippen molar-refractivity contribution in [3.8, 4) is 17.6 Å². The number of hydrogen-bond donors (Lipinski definition) is 2. The summed E-state index contributed by atoms with van der Waals surface area (Å²) in [6.45, 7) is -0.0331. The first-order valence-corrected chi connectivity index (χ1v) is 9.87. The third-order valence-corrected chi connectivity index (χ3v) is 4.94. The molecular formula is C20H18F6N8OS2. The van der Waals surface area contributed by atoms with Crippen LogP contribution in [0.15, 0.2) is 36.5 Å². The molecule has 0 aromatic carbocycles. The summed E-state index contributed by atoms with van der Waals surface area (Å²) in [4.78, 5) is 20.5. The van der Waals surface area contributed by atoms with E-state index in [0.717, 1.165) is 18.3 Å². The fourth-order valence-corrected chi connectivity index (χ4v) is 3.26. The average molecular weight is 565 g/mol. The monoisotopic (exact) mass is 564 g/mol. The van der Waals surface area contributed by atoms with Crippen LogP contribution >= 0.6 is 27.0 Å². The highest BCUT2D eigenvalue weighted by Crippen LogP contribution is 2.31. The van der Waals surface area contributed by atoms with Crippen molar-refractivity contribution in [1.82, 2.24) is 24.9 Å². The Hall–Kier alpha value is -3.36. The molecule has 9 nitrogen and oxygen atoms in total. The molecule has 1 fully saturated rings. The number of halogens is 6. The predicted molar refractivity (Wildman–Crippen MR) is 129 cm³/mol. The van der Waals surface area contributed by atoms with Crippen molar-refractivity contribution in [3.63, 3.8) is 0 Å². The fourth-order valence-electron chi connectivity index (χ4n) is 3.26. The molecule has 2 atom stereocenters. The minimum atomic E-state index is -4.74. The zero-order valence-electron chi connectivity index (χ0n) is 18.4. The number of rotatable bonds is 4. The molecule has 4 rings (SSSR count). The lowest BCUT2D eigenvalue weighted by Gasteiger charge is -2.17. The van der Waals surface area contributed by atoms with E-state index < -0.39 is 35.8 Å². The van der Waals surface area contributed by atoms with Crippen LogP contribution in [0, 0.1) is 17.2 Å². The van der Waals surface area contributed by atoms with Crippen LogP contribution in [0.25, 0.3) is 11.5 Å². The maximum absolute atomic E-state index is 13.1. The zero-order chi connectivity index (χ0) is 25.4. The van der Waals surface area contributed by atoms with Crippen molar-refractivity contribution in [2.75, 3.05) is 23.3 Å². The lowest BCUT2D eigenvalue weighted by molar-refractivity contribution is -0.141. The molecule has 1 aliphatic heterocycles. The van der Waals surface area contributed by atoms with Gasteiger partial charge in [-0.05, 0) is 24.3 Å². The second kappa shape index (κ2) is 11.4.